The van der Waals surface area contributed by atoms with Crippen molar-refractivity contribution >= 4 is 11.9 Å². The predicted molar refractivity (Wildman–Crippen MR) is 99.1 cm³/mol. The normalized spacial score (nSPS) is 14.4. The van der Waals surface area contributed by atoms with Gasteiger partial charge in [0.1, 0.15) is 0 Å². The van der Waals surface area contributed by atoms with E-state index in [9.17, 15) is 4.79 Å². The summed E-state index contributed by atoms with van der Waals surface area (Å²) in [6.07, 6.45) is 7.47. The zero-order valence-electron chi connectivity index (χ0n) is 14.7. The van der Waals surface area contributed by atoms with Crippen molar-refractivity contribution in [2.45, 2.75) is 25.8 Å². The highest BCUT2D eigenvalue weighted by Gasteiger charge is 2.13. The summed E-state index contributed by atoms with van der Waals surface area (Å²) < 4.78 is 0. The Bertz CT molecular complexity index is 710. The van der Waals surface area contributed by atoms with Gasteiger partial charge in [0.15, 0.2) is 0 Å². The lowest BCUT2D eigenvalue weighted by Crippen LogP contribution is -2.32. The fourth-order valence-corrected chi connectivity index (χ4v) is 3.09. The summed E-state index contributed by atoms with van der Waals surface area (Å²) in [5.74, 6) is 0.743. The van der Waals surface area contributed by atoms with Crippen LogP contribution in [0.5, 0.6) is 0 Å². The third kappa shape index (κ3) is 4.33. The number of aromatic nitrogens is 2. The molecule has 6 nitrogen and oxygen atoms in total. The maximum atomic E-state index is 11.6. The first-order valence-corrected chi connectivity index (χ1v) is 8.77. The van der Waals surface area contributed by atoms with Crippen LogP contribution in [0.15, 0.2) is 36.7 Å². The molecule has 1 aliphatic heterocycles. The van der Waals surface area contributed by atoms with Crippen molar-refractivity contribution in [3.05, 3.63) is 42.2 Å². The van der Waals surface area contributed by atoms with Gasteiger partial charge in [0, 0.05) is 44.6 Å². The van der Waals surface area contributed by atoms with Crippen LogP contribution in [0.3, 0.4) is 0 Å². The highest BCUT2D eigenvalue weighted by atomic mass is 16.2. The van der Waals surface area contributed by atoms with Crippen molar-refractivity contribution in [3.63, 3.8) is 0 Å². The number of nitrogens with zero attached hydrogens (tertiary/aromatic N) is 4. The number of anilines is 1. The number of hydrogen-bond acceptors (Lipinski definition) is 5. The van der Waals surface area contributed by atoms with Gasteiger partial charge in [0.05, 0.1) is 6.54 Å². The Morgan fingerprint density at radius 3 is 2.56 bits per heavy atom. The lowest BCUT2D eigenvalue weighted by atomic mass is 10.1. The number of nitrogens with two attached hydrogens (primary N) is 1. The second-order valence-electron chi connectivity index (χ2n) is 6.47. The first kappa shape index (κ1) is 17.4. The molecule has 1 aromatic carbocycles. The molecule has 0 saturated carbocycles. The van der Waals surface area contributed by atoms with Crippen molar-refractivity contribution in [2.24, 2.45) is 5.73 Å². The molecule has 132 valence electrons. The van der Waals surface area contributed by atoms with E-state index in [2.05, 4.69) is 20.9 Å². The van der Waals surface area contributed by atoms with Gasteiger partial charge in [0.2, 0.25) is 11.9 Å². The predicted octanol–water partition coefficient (Wildman–Crippen LogP) is 2.05. The third-order valence-electron chi connectivity index (χ3n) is 4.56. The van der Waals surface area contributed by atoms with E-state index in [0.717, 1.165) is 35.7 Å². The van der Waals surface area contributed by atoms with E-state index in [1.807, 2.05) is 30.6 Å². The Kier molecular flexibility index (Phi) is 5.60. The van der Waals surface area contributed by atoms with Crippen molar-refractivity contribution in [1.29, 1.82) is 0 Å². The monoisotopic (exact) mass is 339 g/mol. The van der Waals surface area contributed by atoms with Gasteiger partial charge in [-0.05, 0) is 36.5 Å². The Morgan fingerprint density at radius 1 is 1.16 bits per heavy atom. The number of carbonyl (C=O) groups is 1. The summed E-state index contributed by atoms with van der Waals surface area (Å²) in [7, 11) is 1.76. The third-order valence-corrected chi connectivity index (χ3v) is 4.56. The molecule has 2 heterocycles. The van der Waals surface area contributed by atoms with Gasteiger partial charge in [-0.25, -0.2) is 9.97 Å². The number of piperidine rings is 1. The number of hydrogen-bond donors (Lipinski definition) is 1. The number of carbonyl (C=O) groups excluding carboxylic acids is 1. The largest absolute Gasteiger partial charge is 0.341 e. The summed E-state index contributed by atoms with van der Waals surface area (Å²) in [5, 5.41) is 0. The molecule has 1 saturated heterocycles. The van der Waals surface area contributed by atoms with E-state index in [1.54, 1.807) is 11.9 Å². The van der Waals surface area contributed by atoms with Crippen molar-refractivity contribution in [2.75, 3.05) is 31.6 Å². The van der Waals surface area contributed by atoms with Gasteiger partial charge in [-0.1, -0.05) is 18.2 Å². The quantitative estimate of drug-likeness (QED) is 0.902. The molecule has 3 rings (SSSR count). The molecule has 0 unspecified atom stereocenters. The lowest BCUT2D eigenvalue weighted by molar-refractivity contribution is -0.128. The van der Waals surface area contributed by atoms with Crippen LogP contribution < -0.4 is 10.6 Å². The standard InChI is InChI=1S/C19H25N5O/c1-23(18(25)11-20)14-15-6-5-7-16(10-15)17-12-21-19(22-13-17)24-8-3-2-4-9-24/h5-7,10,12-13H,2-4,8-9,11,14,20H2,1H3. The summed E-state index contributed by atoms with van der Waals surface area (Å²) in [6.45, 7) is 2.64. The molecular weight excluding hydrogens is 314 g/mol. The van der Waals surface area contributed by atoms with Crippen LogP contribution in [-0.2, 0) is 11.3 Å². The Hall–Kier alpha value is -2.47. The van der Waals surface area contributed by atoms with Crippen LogP contribution in [0.25, 0.3) is 11.1 Å². The molecular formula is C19H25N5O. The molecule has 1 amide bonds. The van der Waals surface area contributed by atoms with Crippen LogP contribution in [-0.4, -0.2) is 47.5 Å². The second kappa shape index (κ2) is 8.07. The molecule has 0 spiro atoms. The van der Waals surface area contributed by atoms with Crippen LogP contribution in [0.2, 0.25) is 0 Å². The van der Waals surface area contributed by atoms with Crippen molar-refractivity contribution < 1.29 is 4.79 Å². The van der Waals surface area contributed by atoms with E-state index in [-0.39, 0.29) is 12.5 Å². The van der Waals surface area contributed by atoms with Gasteiger partial charge in [0.25, 0.3) is 0 Å². The zero-order valence-corrected chi connectivity index (χ0v) is 14.7. The highest BCUT2D eigenvalue weighted by molar-refractivity contribution is 5.77. The molecule has 1 aromatic heterocycles. The minimum atomic E-state index is -0.0698. The van der Waals surface area contributed by atoms with Crippen LogP contribution >= 0.6 is 0 Å². The molecule has 2 N–H and O–H groups in total. The molecule has 1 aliphatic rings. The summed E-state index contributed by atoms with van der Waals surface area (Å²) in [6, 6.07) is 8.10. The van der Waals surface area contributed by atoms with Crippen molar-refractivity contribution in [3.8, 4) is 11.1 Å². The smallest absolute Gasteiger partial charge is 0.236 e. The molecule has 0 bridgehead atoms. The maximum absolute atomic E-state index is 11.6. The van der Waals surface area contributed by atoms with E-state index in [0.29, 0.717) is 6.54 Å². The van der Waals surface area contributed by atoms with E-state index in [4.69, 9.17) is 5.73 Å². The second-order valence-corrected chi connectivity index (χ2v) is 6.47. The summed E-state index contributed by atoms with van der Waals surface area (Å²) in [4.78, 5) is 24.6. The number of benzene rings is 1. The first-order chi connectivity index (χ1) is 12.2. The Balaban J connectivity index is 1.73. The number of amides is 1. The van der Waals surface area contributed by atoms with E-state index < -0.39 is 0 Å². The zero-order chi connectivity index (χ0) is 17.6. The fraction of sp³-hybridized carbons (Fsp3) is 0.421. The van der Waals surface area contributed by atoms with Gasteiger partial charge in [-0.3, -0.25) is 4.79 Å². The summed E-state index contributed by atoms with van der Waals surface area (Å²) in [5.41, 5.74) is 8.50. The molecule has 6 heteroatoms. The average molecular weight is 339 g/mol. The van der Waals surface area contributed by atoms with Crippen LogP contribution in [0.1, 0.15) is 24.8 Å². The Morgan fingerprint density at radius 2 is 1.88 bits per heavy atom. The van der Waals surface area contributed by atoms with Crippen LogP contribution in [0.4, 0.5) is 5.95 Å². The molecule has 0 radical (unpaired) electrons. The van der Waals surface area contributed by atoms with E-state index in [1.165, 1.54) is 19.3 Å². The topological polar surface area (TPSA) is 75.4 Å². The van der Waals surface area contributed by atoms with Crippen LogP contribution in [0, 0.1) is 0 Å². The molecule has 0 aliphatic carbocycles. The molecule has 2 aromatic rings. The van der Waals surface area contributed by atoms with Gasteiger partial charge in [-0.15, -0.1) is 0 Å². The highest BCUT2D eigenvalue weighted by Crippen LogP contribution is 2.22. The van der Waals surface area contributed by atoms with E-state index >= 15 is 0 Å². The van der Waals surface area contributed by atoms with Gasteiger partial charge < -0.3 is 15.5 Å². The van der Waals surface area contributed by atoms with Gasteiger partial charge >= 0.3 is 0 Å². The fourth-order valence-electron chi connectivity index (χ4n) is 3.09. The lowest BCUT2D eigenvalue weighted by Gasteiger charge is -2.26. The van der Waals surface area contributed by atoms with Gasteiger partial charge in [-0.2, -0.15) is 0 Å². The average Bonchev–Trinajstić information content (AvgIpc) is 2.68. The molecule has 1 fully saturated rings. The Labute approximate surface area is 148 Å². The maximum Gasteiger partial charge on any atom is 0.236 e. The number of likely N-dealkylation sites (N-methyl/N-ethyl adjacent to an activating group) is 1. The SMILES string of the molecule is CN(Cc1cccc(-c2cnc(N3CCCCC3)nc2)c1)C(=O)CN. The minimum Gasteiger partial charge on any atom is -0.341 e. The molecule has 25 heavy (non-hydrogen) atoms. The minimum absolute atomic E-state index is 0.0298. The molecule has 0 atom stereocenters. The number of rotatable bonds is 5. The van der Waals surface area contributed by atoms with Crippen molar-refractivity contribution in [1.82, 2.24) is 14.9 Å². The first-order valence-electron chi connectivity index (χ1n) is 8.77. The summed E-state index contributed by atoms with van der Waals surface area (Å²) >= 11 is 0.